The molecule has 3 nitrogen and oxygen atoms in total. The Labute approximate surface area is 113 Å². The molecule has 2 heterocycles. The fraction of sp³-hybridized carbons (Fsp3) is 0.643. The van der Waals surface area contributed by atoms with Crippen molar-refractivity contribution in [3.8, 4) is 0 Å². The van der Waals surface area contributed by atoms with E-state index in [9.17, 15) is 0 Å². The number of alkyl halides is 1. The molecule has 0 spiro atoms. The Balaban J connectivity index is 1.89. The molecule has 4 heteroatoms. The lowest BCUT2D eigenvalue weighted by atomic mass is 10.1. The number of fused-ring (bicyclic) bond motifs is 1. The number of anilines is 1. The average molecular weight is 267 g/mol. The van der Waals surface area contributed by atoms with Crippen molar-refractivity contribution in [1.82, 2.24) is 4.98 Å². The Morgan fingerprint density at radius 1 is 1.50 bits per heavy atom. The summed E-state index contributed by atoms with van der Waals surface area (Å²) in [5, 5.41) is 0. The highest BCUT2D eigenvalue weighted by molar-refractivity contribution is 6.17. The summed E-state index contributed by atoms with van der Waals surface area (Å²) in [7, 11) is 0. The van der Waals surface area contributed by atoms with E-state index in [1.807, 2.05) is 6.20 Å². The molecule has 18 heavy (non-hydrogen) atoms. The minimum atomic E-state index is 0.410. The van der Waals surface area contributed by atoms with Crippen molar-refractivity contribution in [3.05, 3.63) is 23.4 Å². The highest BCUT2D eigenvalue weighted by Gasteiger charge is 2.37. The quantitative estimate of drug-likeness (QED) is 0.770. The standard InChI is InChI=1S/C14H19ClN2O/c1-10-7-11(8-15)9-16-14(10)17-5-6-18-13-4-2-3-12(13)17/h7,9,12-13H,2-6,8H2,1H3. The Morgan fingerprint density at radius 3 is 3.17 bits per heavy atom. The average Bonchev–Trinajstić information content (AvgIpc) is 2.87. The van der Waals surface area contributed by atoms with E-state index in [1.165, 1.54) is 24.8 Å². The number of aryl methyl sites for hydroxylation is 1. The van der Waals surface area contributed by atoms with Crippen LogP contribution in [0.3, 0.4) is 0 Å². The third kappa shape index (κ3) is 2.10. The number of hydrogen-bond acceptors (Lipinski definition) is 3. The second-order valence-electron chi connectivity index (χ2n) is 5.22. The van der Waals surface area contributed by atoms with E-state index in [1.54, 1.807) is 0 Å². The Bertz CT molecular complexity index is 438. The second kappa shape index (κ2) is 5.06. The van der Waals surface area contributed by atoms with Gasteiger partial charge in [0.2, 0.25) is 0 Å². The van der Waals surface area contributed by atoms with Crippen molar-refractivity contribution < 1.29 is 4.74 Å². The number of ether oxygens (including phenoxy) is 1. The van der Waals surface area contributed by atoms with Crippen molar-refractivity contribution in [2.24, 2.45) is 0 Å². The molecule has 98 valence electrons. The molecule has 0 radical (unpaired) electrons. The molecular formula is C14H19ClN2O. The molecule has 1 aromatic rings. The monoisotopic (exact) mass is 266 g/mol. The van der Waals surface area contributed by atoms with Gasteiger partial charge in [-0.3, -0.25) is 0 Å². The molecule has 2 aliphatic rings. The van der Waals surface area contributed by atoms with E-state index in [0.717, 1.165) is 24.5 Å². The third-order valence-corrected chi connectivity index (χ3v) is 4.32. The molecule has 0 amide bonds. The van der Waals surface area contributed by atoms with Crippen LogP contribution in [0.5, 0.6) is 0 Å². The lowest BCUT2D eigenvalue weighted by Gasteiger charge is -2.39. The number of morpholine rings is 1. The molecule has 3 rings (SSSR count). The minimum Gasteiger partial charge on any atom is -0.374 e. The van der Waals surface area contributed by atoms with Crippen molar-refractivity contribution in [3.63, 3.8) is 0 Å². The van der Waals surface area contributed by atoms with Gasteiger partial charge in [-0.25, -0.2) is 4.98 Å². The van der Waals surface area contributed by atoms with Gasteiger partial charge in [-0.2, -0.15) is 0 Å². The number of aromatic nitrogens is 1. The summed E-state index contributed by atoms with van der Waals surface area (Å²) in [4.78, 5) is 7.06. The van der Waals surface area contributed by atoms with Crippen molar-refractivity contribution in [2.45, 2.75) is 44.2 Å². The molecule has 1 saturated heterocycles. The van der Waals surface area contributed by atoms with Gasteiger partial charge in [-0.1, -0.05) is 0 Å². The predicted octanol–water partition coefficient (Wildman–Crippen LogP) is 2.89. The number of pyridine rings is 1. The van der Waals surface area contributed by atoms with Crippen molar-refractivity contribution in [2.75, 3.05) is 18.1 Å². The van der Waals surface area contributed by atoms with Gasteiger partial charge in [-0.15, -0.1) is 11.6 Å². The van der Waals surface area contributed by atoms with Gasteiger partial charge in [-0.05, 0) is 43.4 Å². The molecule has 0 bridgehead atoms. The zero-order valence-electron chi connectivity index (χ0n) is 10.7. The highest BCUT2D eigenvalue weighted by Crippen LogP contribution is 2.33. The first-order valence-electron chi connectivity index (χ1n) is 6.69. The molecule has 1 aliphatic heterocycles. The summed E-state index contributed by atoms with van der Waals surface area (Å²) >= 11 is 5.85. The molecule has 2 atom stereocenters. The molecule has 1 saturated carbocycles. The van der Waals surface area contributed by atoms with Gasteiger partial charge in [0.25, 0.3) is 0 Å². The SMILES string of the molecule is Cc1cc(CCl)cnc1N1CCOC2CCCC21. The Hall–Kier alpha value is -0.800. The smallest absolute Gasteiger partial charge is 0.131 e. The number of halogens is 1. The highest BCUT2D eigenvalue weighted by atomic mass is 35.5. The van der Waals surface area contributed by atoms with Crippen LogP contribution in [0, 0.1) is 6.92 Å². The Kier molecular flexibility index (Phi) is 3.44. The Morgan fingerprint density at radius 2 is 2.39 bits per heavy atom. The number of hydrogen-bond donors (Lipinski definition) is 0. The first kappa shape index (κ1) is 12.2. The molecule has 2 unspecified atom stereocenters. The molecule has 1 aliphatic carbocycles. The van der Waals surface area contributed by atoms with E-state index in [-0.39, 0.29) is 0 Å². The molecule has 0 N–H and O–H groups in total. The summed E-state index contributed by atoms with van der Waals surface area (Å²) in [6.07, 6.45) is 6.00. The molecule has 2 fully saturated rings. The van der Waals surface area contributed by atoms with Gasteiger partial charge in [0.15, 0.2) is 0 Å². The van der Waals surface area contributed by atoms with Crippen molar-refractivity contribution in [1.29, 1.82) is 0 Å². The van der Waals surface area contributed by atoms with Gasteiger partial charge in [0, 0.05) is 18.6 Å². The summed E-state index contributed by atoms with van der Waals surface area (Å²) < 4.78 is 5.85. The van der Waals surface area contributed by atoms with Gasteiger partial charge in [0.05, 0.1) is 18.8 Å². The maximum absolute atomic E-state index is 5.85. The third-order valence-electron chi connectivity index (χ3n) is 4.02. The zero-order chi connectivity index (χ0) is 12.5. The molecule has 1 aromatic heterocycles. The fourth-order valence-electron chi connectivity index (χ4n) is 3.19. The summed E-state index contributed by atoms with van der Waals surface area (Å²) in [5.41, 5.74) is 2.31. The van der Waals surface area contributed by atoms with E-state index in [4.69, 9.17) is 16.3 Å². The lowest BCUT2D eigenvalue weighted by molar-refractivity contribution is 0.0253. The van der Waals surface area contributed by atoms with Gasteiger partial charge >= 0.3 is 0 Å². The maximum Gasteiger partial charge on any atom is 0.131 e. The van der Waals surface area contributed by atoms with E-state index in [2.05, 4.69) is 22.9 Å². The molecule has 0 aromatic carbocycles. The predicted molar refractivity (Wildman–Crippen MR) is 73.3 cm³/mol. The lowest BCUT2D eigenvalue weighted by Crippen LogP contribution is -2.49. The summed E-state index contributed by atoms with van der Waals surface area (Å²) in [6.45, 7) is 3.90. The fourth-order valence-corrected chi connectivity index (χ4v) is 3.33. The first-order chi connectivity index (χ1) is 8.79. The largest absolute Gasteiger partial charge is 0.374 e. The van der Waals surface area contributed by atoms with Crippen LogP contribution in [0.4, 0.5) is 5.82 Å². The van der Waals surface area contributed by atoms with Crippen molar-refractivity contribution >= 4 is 17.4 Å². The maximum atomic E-state index is 5.85. The van der Waals surface area contributed by atoms with Crippen LogP contribution in [0.2, 0.25) is 0 Å². The topological polar surface area (TPSA) is 25.4 Å². The van der Waals surface area contributed by atoms with Crippen LogP contribution in [-0.4, -0.2) is 30.3 Å². The van der Waals surface area contributed by atoms with Crippen LogP contribution >= 0.6 is 11.6 Å². The van der Waals surface area contributed by atoms with E-state index in [0.29, 0.717) is 18.0 Å². The second-order valence-corrected chi connectivity index (χ2v) is 5.49. The molecular weight excluding hydrogens is 248 g/mol. The summed E-state index contributed by atoms with van der Waals surface area (Å²) in [6, 6.07) is 2.67. The van der Waals surface area contributed by atoms with E-state index < -0.39 is 0 Å². The first-order valence-corrected chi connectivity index (χ1v) is 7.23. The van der Waals surface area contributed by atoms with E-state index >= 15 is 0 Å². The summed E-state index contributed by atoms with van der Waals surface area (Å²) in [5.74, 6) is 1.65. The van der Waals surface area contributed by atoms with Crippen LogP contribution in [0.1, 0.15) is 30.4 Å². The van der Waals surface area contributed by atoms with Gasteiger partial charge in [0.1, 0.15) is 5.82 Å². The number of nitrogens with zero attached hydrogens (tertiary/aromatic N) is 2. The van der Waals surface area contributed by atoms with Crippen LogP contribution < -0.4 is 4.90 Å². The normalized spacial score (nSPS) is 27.3. The van der Waals surface area contributed by atoms with Crippen LogP contribution in [0.25, 0.3) is 0 Å². The van der Waals surface area contributed by atoms with Crippen LogP contribution in [-0.2, 0) is 10.6 Å². The minimum absolute atomic E-state index is 0.410. The van der Waals surface area contributed by atoms with Crippen LogP contribution in [0.15, 0.2) is 12.3 Å². The van der Waals surface area contributed by atoms with Gasteiger partial charge < -0.3 is 9.64 Å². The number of rotatable bonds is 2. The zero-order valence-corrected chi connectivity index (χ0v) is 11.5.